The van der Waals surface area contributed by atoms with Crippen LogP contribution >= 0.6 is 0 Å². The minimum Gasteiger partial charge on any atom is -0.457 e. The van der Waals surface area contributed by atoms with E-state index in [9.17, 15) is 4.79 Å². The summed E-state index contributed by atoms with van der Waals surface area (Å²) in [7, 11) is 0. The lowest BCUT2D eigenvalue weighted by Gasteiger charge is -2.14. The molecular weight excluding hydrogens is 412 g/mol. The van der Waals surface area contributed by atoms with E-state index in [-0.39, 0.29) is 11.3 Å². The molecule has 184 valence electrons. The second kappa shape index (κ2) is 20.6. The summed E-state index contributed by atoms with van der Waals surface area (Å²) >= 11 is 0. The quantitative estimate of drug-likeness (QED) is 0.145. The molecule has 33 heavy (non-hydrogen) atoms. The van der Waals surface area contributed by atoms with Crippen molar-refractivity contribution in [1.82, 2.24) is 5.32 Å². The zero-order valence-electron chi connectivity index (χ0n) is 21.6. The fourth-order valence-electron chi connectivity index (χ4n) is 2.31. The number of primary amides is 1. The van der Waals surface area contributed by atoms with E-state index in [0.29, 0.717) is 36.0 Å². The summed E-state index contributed by atoms with van der Waals surface area (Å²) in [6.45, 7) is 19.0. The number of amides is 1. The summed E-state index contributed by atoms with van der Waals surface area (Å²) in [6, 6.07) is 7.07. The summed E-state index contributed by atoms with van der Waals surface area (Å²) in [4.78, 5) is 16.3. The SMILES string of the molecule is C=C/C=C(\C=C/C)Oc1ccc(/C(N)=C(\C(N)=O)C(=NCC)NCC)cc1.CCC.CCC. The van der Waals surface area contributed by atoms with Crippen LogP contribution in [-0.2, 0) is 4.79 Å². The lowest BCUT2D eigenvalue weighted by Crippen LogP contribution is -2.34. The molecule has 1 amide bonds. The van der Waals surface area contributed by atoms with Gasteiger partial charge in [0.2, 0.25) is 0 Å². The van der Waals surface area contributed by atoms with Gasteiger partial charge in [0, 0.05) is 13.1 Å². The Bertz CT molecular complexity index is 802. The van der Waals surface area contributed by atoms with Gasteiger partial charge in [0.15, 0.2) is 0 Å². The van der Waals surface area contributed by atoms with Gasteiger partial charge in [-0.25, -0.2) is 0 Å². The molecule has 5 N–H and O–H groups in total. The molecule has 0 aromatic heterocycles. The molecule has 1 aromatic carbocycles. The zero-order valence-corrected chi connectivity index (χ0v) is 21.6. The van der Waals surface area contributed by atoms with Crippen LogP contribution in [0.25, 0.3) is 5.70 Å². The average Bonchev–Trinajstić information content (AvgIpc) is 2.76. The number of benzene rings is 1. The lowest BCUT2D eigenvalue weighted by molar-refractivity contribution is -0.114. The number of nitrogens with two attached hydrogens (primary N) is 2. The van der Waals surface area contributed by atoms with E-state index < -0.39 is 5.91 Å². The second-order valence-electron chi connectivity index (χ2n) is 6.85. The van der Waals surface area contributed by atoms with Crippen LogP contribution < -0.4 is 21.5 Å². The third-order valence-electron chi connectivity index (χ3n) is 3.43. The predicted molar refractivity (Wildman–Crippen MR) is 144 cm³/mol. The summed E-state index contributed by atoms with van der Waals surface area (Å²) in [5.74, 6) is 1.05. The summed E-state index contributed by atoms with van der Waals surface area (Å²) in [6.07, 6.45) is 9.62. The van der Waals surface area contributed by atoms with E-state index in [4.69, 9.17) is 16.2 Å². The molecule has 0 heterocycles. The monoisotopic (exact) mass is 456 g/mol. The Kier molecular flexibility index (Phi) is 19.9. The zero-order chi connectivity index (χ0) is 25.6. The second-order valence-corrected chi connectivity index (χ2v) is 6.85. The number of carbonyl (C=O) groups is 1. The molecule has 0 bridgehead atoms. The fourth-order valence-corrected chi connectivity index (χ4v) is 2.31. The van der Waals surface area contributed by atoms with Crippen LogP contribution in [0.1, 0.15) is 66.9 Å². The Morgan fingerprint density at radius 3 is 2.00 bits per heavy atom. The van der Waals surface area contributed by atoms with Crippen LogP contribution in [0, 0.1) is 0 Å². The Balaban J connectivity index is 0. The molecule has 1 rings (SSSR count). The Hall–Kier alpha value is -3.28. The van der Waals surface area contributed by atoms with E-state index in [1.807, 2.05) is 32.9 Å². The fraction of sp³-hybridized carbons (Fsp3) is 0.407. The van der Waals surface area contributed by atoms with Crippen LogP contribution in [0.2, 0.25) is 0 Å². The highest BCUT2D eigenvalue weighted by Crippen LogP contribution is 2.20. The van der Waals surface area contributed by atoms with Crippen LogP contribution in [0.3, 0.4) is 0 Å². The maximum Gasteiger partial charge on any atom is 0.254 e. The minimum atomic E-state index is -0.634. The summed E-state index contributed by atoms with van der Waals surface area (Å²) in [5, 5.41) is 3.04. The molecule has 0 saturated carbocycles. The summed E-state index contributed by atoms with van der Waals surface area (Å²) in [5.41, 5.74) is 12.9. The topological polar surface area (TPSA) is 103 Å². The number of nitrogens with one attached hydrogen (secondary N) is 1. The van der Waals surface area contributed by atoms with Crippen molar-refractivity contribution >= 4 is 17.4 Å². The van der Waals surface area contributed by atoms with Crippen LogP contribution in [0.4, 0.5) is 0 Å². The van der Waals surface area contributed by atoms with E-state index in [1.165, 1.54) is 12.8 Å². The number of aliphatic imine (C=N–C) groups is 1. The van der Waals surface area contributed by atoms with Gasteiger partial charge in [0.1, 0.15) is 22.9 Å². The Morgan fingerprint density at radius 1 is 1.06 bits per heavy atom. The van der Waals surface area contributed by atoms with Gasteiger partial charge < -0.3 is 21.5 Å². The molecule has 0 aliphatic rings. The molecule has 0 aliphatic heterocycles. The van der Waals surface area contributed by atoms with Crippen molar-refractivity contribution in [3.05, 3.63) is 72.0 Å². The van der Waals surface area contributed by atoms with Crippen molar-refractivity contribution in [1.29, 1.82) is 0 Å². The normalized spacial score (nSPS) is 12.0. The van der Waals surface area contributed by atoms with Gasteiger partial charge in [-0.05, 0) is 62.8 Å². The maximum atomic E-state index is 12.0. The first kappa shape index (κ1) is 31.9. The highest BCUT2D eigenvalue weighted by Gasteiger charge is 2.18. The predicted octanol–water partition coefficient (Wildman–Crippen LogP) is 5.73. The van der Waals surface area contributed by atoms with Crippen molar-refractivity contribution < 1.29 is 9.53 Å². The number of rotatable bonds is 9. The highest BCUT2D eigenvalue weighted by atomic mass is 16.5. The first-order valence-corrected chi connectivity index (χ1v) is 11.6. The lowest BCUT2D eigenvalue weighted by atomic mass is 10.0. The number of hydrogen-bond donors (Lipinski definition) is 3. The van der Waals surface area contributed by atoms with Crippen molar-refractivity contribution in [3.8, 4) is 5.75 Å². The van der Waals surface area contributed by atoms with Gasteiger partial charge in [-0.2, -0.15) is 0 Å². The molecule has 0 fully saturated rings. The number of hydrogen-bond acceptors (Lipinski definition) is 4. The standard InChI is InChI=1S/C21H28N4O2.2C3H8/c1-5-9-16(10-6-2)27-17-13-11-15(12-14-17)19(22)18(20(23)26)21(24-7-3)25-8-4;2*1-3-2/h5-6,9-14H,1,7-8,22H2,2-4H3,(H2,23,26)(H,24,25);2*3H2,1-2H3/b10-6-,16-9+,19-18-;;. The number of ether oxygens (including phenoxy) is 1. The molecule has 0 atom stereocenters. The highest BCUT2D eigenvalue weighted by molar-refractivity contribution is 6.24. The van der Waals surface area contributed by atoms with Gasteiger partial charge in [0.25, 0.3) is 5.91 Å². The van der Waals surface area contributed by atoms with Gasteiger partial charge in [-0.15, -0.1) is 0 Å². The summed E-state index contributed by atoms with van der Waals surface area (Å²) < 4.78 is 5.78. The van der Waals surface area contributed by atoms with E-state index in [1.54, 1.807) is 36.4 Å². The van der Waals surface area contributed by atoms with Crippen molar-refractivity contribution in [2.45, 2.75) is 61.3 Å². The van der Waals surface area contributed by atoms with Crippen LogP contribution in [0.15, 0.2) is 71.5 Å². The number of carbonyl (C=O) groups excluding carboxylic acids is 1. The van der Waals surface area contributed by atoms with Crippen LogP contribution in [-0.4, -0.2) is 24.8 Å². The van der Waals surface area contributed by atoms with Crippen molar-refractivity contribution in [3.63, 3.8) is 0 Å². The van der Waals surface area contributed by atoms with Gasteiger partial charge in [-0.3, -0.25) is 9.79 Å². The minimum absolute atomic E-state index is 0.175. The smallest absolute Gasteiger partial charge is 0.254 e. The number of likely N-dealkylation sites (N-methyl/N-ethyl adjacent to an activating group) is 1. The molecule has 0 saturated heterocycles. The first-order valence-electron chi connectivity index (χ1n) is 11.6. The van der Waals surface area contributed by atoms with E-state index in [0.717, 1.165) is 0 Å². The Morgan fingerprint density at radius 2 is 1.61 bits per heavy atom. The third-order valence-corrected chi connectivity index (χ3v) is 3.43. The molecule has 0 aliphatic carbocycles. The average molecular weight is 457 g/mol. The number of allylic oxidation sites excluding steroid dienone is 4. The van der Waals surface area contributed by atoms with Crippen molar-refractivity contribution in [2.75, 3.05) is 13.1 Å². The van der Waals surface area contributed by atoms with E-state index in [2.05, 4.69) is 44.6 Å². The number of nitrogens with zero attached hydrogens (tertiary/aromatic N) is 1. The van der Waals surface area contributed by atoms with Gasteiger partial charge in [0.05, 0.1) is 5.70 Å². The Labute approximate surface area is 201 Å². The third kappa shape index (κ3) is 13.7. The molecule has 1 aromatic rings. The first-order chi connectivity index (χ1) is 15.8. The maximum absolute atomic E-state index is 12.0. The largest absolute Gasteiger partial charge is 0.457 e. The van der Waals surface area contributed by atoms with E-state index >= 15 is 0 Å². The molecular formula is C27H44N4O2. The molecule has 6 heteroatoms. The van der Waals surface area contributed by atoms with Crippen molar-refractivity contribution in [2.24, 2.45) is 16.5 Å². The number of amidine groups is 1. The molecule has 0 spiro atoms. The molecule has 0 unspecified atom stereocenters. The van der Waals surface area contributed by atoms with Gasteiger partial charge in [-0.1, -0.05) is 59.3 Å². The van der Waals surface area contributed by atoms with Gasteiger partial charge >= 0.3 is 0 Å². The molecule has 6 nitrogen and oxygen atoms in total. The molecule has 0 radical (unpaired) electrons. The van der Waals surface area contributed by atoms with Crippen LogP contribution in [0.5, 0.6) is 5.75 Å².